The standard InChI is InChI=1S/C33H27BN2O/c1-33(2,3)23-17-19-24(20-18-23)34-26-13-7-8-14-28(26)36-31-27(34)21-16-22-10-9-15-29(30(22)31)35(32(36)37)25-11-5-4-6-12-25/h4-21H,1-3H3. The van der Waals surface area contributed by atoms with Gasteiger partial charge in [0.15, 0.2) is 0 Å². The summed E-state index contributed by atoms with van der Waals surface area (Å²) < 4.78 is 0. The molecule has 0 fully saturated rings. The van der Waals surface area contributed by atoms with Crippen LogP contribution in [-0.2, 0) is 5.41 Å². The second kappa shape index (κ2) is 7.85. The summed E-state index contributed by atoms with van der Waals surface area (Å²) in [5.74, 6) is 0. The molecule has 0 bridgehead atoms. The van der Waals surface area contributed by atoms with Crippen LogP contribution in [0.4, 0.5) is 27.5 Å². The highest BCUT2D eigenvalue weighted by atomic mass is 16.2. The number of urea groups is 1. The Labute approximate surface area is 218 Å². The number of nitrogens with zero attached hydrogens (tertiary/aromatic N) is 2. The lowest BCUT2D eigenvalue weighted by atomic mass is 9.35. The third kappa shape index (κ3) is 3.18. The fourth-order valence-electron chi connectivity index (χ4n) is 6.00. The second-order valence-corrected chi connectivity index (χ2v) is 11.0. The van der Waals surface area contributed by atoms with Gasteiger partial charge in [-0.15, -0.1) is 0 Å². The SMILES string of the molecule is CC(C)(C)c1ccc(B2c3ccccc3N3C(=O)N(c4ccccc4)c4cccc5ccc2c3c45)cc1. The molecule has 0 saturated carbocycles. The molecule has 2 heterocycles. The van der Waals surface area contributed by atoms with Crippen LogP contribution in [0.25, 0.3) is 10.8 Å². The minimum Gasteiger partial charge on any atom is -0.263 e. The number of rotatable bonds is 2. The van der Waals surface area contributed by atoms with Gasteiger partial charge in [-0.05, 0) is 51.6 Å². The smallest absolute Gasteiger partial charge is 0.263 e. The van der Waals surface area contributed by atoms with E-state index >= 15 is 0 Å². The first-order chi connectivity index (χ1) is 17.9. The van der Waals surface area contributed by atoms with Gasteiger partial charge in [0.25, 0.3) is 0 Å². The highest BCUT2D eigenvalue weighted by Crippen LogP contribution is 2.46. The van der Waals surface area contributed by atoms with Crippen LogP contribution in [0.2, 0.25) is 0 Å². The molecule has 37 heavy (non-hydrogen) atoms. The molecule has 0 radical (unpaired) electrons. The number of amides is 2. The Morgan fingerprint density at radius 2 is 1.32 bits per heavy atom. The molecule has 3 nitrogen and oxygen atoms in total. The summed E-state index contributed by atoms with van der Waals surface area (Å²) in [6.45, 7) is 6.78. The Bertz CT molecular complexity index is 1690. The van der Waals surface area contributed by atoms with Crippen molar-refractivity contribution in [2.45, 2.75) is 26.2 Å². The topological polar surface area (TPSA) is 23.6 Å². The number of carbonyl (C=O) groups is 1. The van der Waals surface area contributed by atoms with Crippen LogP contribution in [0.5, 0.6) is 0 Å². The monoisotopic (exact) mass is 478 g/mol. The van der Waals surface area contributed by atoms with Crippen molar-refractivity contribution in [1.82, 2.24) is 0 Å². The molecule has 0 unspecified atom stereocenters. The van der Waals surface area contributed by atoms with Crippen molar-refractivity contribution in [3.05, 3.63) is 115 Å². The molecule has 0 atom stereocenters. The third-order valence-corrected chi connectivity index (χ3v) is 7.80. The lowest BCUT2D eigenvalue weighted by Crippen LogP contribution is -2.60. The summed E-state index contributed by atoms with van der Waals surface area (Å²) in [7, 11) is 0. The first-order valence-electron chi connectivity index (χ1n) is 12.9. The van der Waals surface area contributed by atoms with Gasteiger partial charge in [0, 0.05) is 11.1 Å². The number of hydrogen-bond donors (Lipinski definition) is 0. The number of carbonyl (C=O) groups excluding carboxylic acids is 1. The lowest BCUT2D eigenvalue weighted by Gasteiger charge is -2.43. The number of anilines is 4. The number of hydrogen-bond acceptors (Lipinski definition) is 1. The maximum Gasteiger partial charge on any atom is 0.338 e. The minimum absolute atomic E-state index is 0.0463. The normalized spacial score (nSPS) is 14.2. The molecule has 0 N–H and O–H groups in total. The Balaban J connectivity index is 1.53. The number of fused-ring (bicyclic) bond motifs is 2. The zero-order chi connectivity index (χ0) is 25.3. The van der Waals surface area contributed by atoms with Gasteiger partial charge in [-0.3, -0.25) is 9.80 Å². The maximum absolute atomic E-state index is 14.4. The summed E-state index contributed by atoms with van der Waals surface area (Å²) in [5, 5.41) is 2.25. The van der Waals surface area contributed by atoms with E-state index in [1.54, 1.807) is 0 Å². The summed E-state index contributed by atoms with van der Waals surface area (Å²) in [6.07, 6.45) is 0. The fraction of sp³-hybridized carbons (Fsp3) is 0.121. The van der Waals surface area contributed by atoms with Gasteiger partial charge < -0.3 is 0 Å². The number of para-hydroxylation sites is 2. The van der Waals surface area contributed by atoms with Crippen molar-refractivity contribution < 1.29 is 4.79 Å². The van der Waals surface area contributed by atoms with E-state index in [0.717, 1.165) is 39.0 Å². The van der Waals surface area contributed by atoms with E-state index in [4.69, 9.17) is 0 Å². The molecule has 2 aliphatic heterocycles. The van der Waals surface area contributed by atoms with E-state index in [1.807, 2.05) is 52.3 Å². The lowest BCUT2D eigenvalue weighted by molar-refractivity contribution is 0.255. The maximum atomic E-state index is 14.4. The van der Waals surface area contributed by atoms with E-state index in [2.05, 4.69) is 87.5 Å². The van der Waals surface area contributed by atoms with Crippen molar-refractivity contribution in [1.29, 1.82) is 0 Å². The molecule has 0 aliphatic carbocycles. The highest BCUT2D eigenvalue weighted by Gasteiger charge is 2.43. The van der Waals surface area contributed by atoms with Gasteiger partial charge >= 0.3 is 6.03 Å². The van der Waals surface area contributed by atoms with Crippen molar-refractivity contribution >= 4 is 62.7 Å². The predicted octanol–water partition coefficient (Wildman–Crippen LogP) is 6.38. The minimum atomic E-state index is -0.0485. The molecule has 2 aliphatic rings. The van der Waals surface area contributed by atoms with E-state index < -0.39 is 0 Å². The molecule has 2 amide bonds. The quantitative estimate of drug-likeness (QED) is 0.270. The average Bonchev–Trinajstić information content (AvgIpc) is 2.91. The summed E-state index contributed by atoms with van der Waals surface area (Å²) >= 11 is 0. The highest BCUT2D eigenvalue weighted by molar-refractivity contribution is 6.98. The Morgan fingerprint density at radius 3 is 2.08 bits per heavy atom. The first kappa shape index (κ1) is 21.9. The van der Waals surface area contributed by atoms with Crippen LogP contribution < -0.4 is 26.2 Å². The van der Waals surface area contributed by atoms with E-state index in [-0.39, 0.29) is 18.2 Å². The Hall–Kier alpha value is -4.31. The van der Waals surface area contributed by atoms with Crippen LogP contribution >= 0.6 is 0 Å². The zero-order valence-corrected chi connectivity index (χ0v) is 21.3. The van der Waals surface area contributed by atoms with Gasteiger partial charge in [0.05, 0.1) is 17.1 Å². The fourth-order valence-corrected chi connectivity index (χ4v) is 6.00. The molecule has 5 aromatic carbocycles. The second-order valence-electron chi connectivity index (χ2n) is 11.0. The van der Waals surface area contributed by atoms with E-state index in [0.29, 0.717) is 0 Å². The average molecular weight is 478 g/mol. The van der Waals surface area contributed by atoms with Crippen molar-refractivity contribution in [2.75, 3.05) is 9.80 Å². The molecule has 0 saturated heterocycles. The molecular formula is C33H27BN2O. The molecule has 178 valence electrons. The van der Waals surface area contributed by atoms with Crippen LogP contribution in [0.1, 0.15) is 26.3 Å². The predicted molar refractivity (Wildman–Crippen MR) is 156 cm³/mol. The van der Waals surface area contributed by atoms with Gasteiger partial charge in [-0.1, -0.05) is 111 Å². The van der Waals surface area contributed by atoms with E-state index in [1.165, 1.54) is 16.5 Å². The Kier molecular flexibility index (Phi) is 4.65. The van der Waals surface area contributed by atoms with Crippen molar-refractivity contribution in [3.8, 4) is 0 Å². The summed E-state index contributed by atoms with van der Waals surface area (Å²) in [5.41, 5.74) is 8.74. The molecule has 7 rings (SSSR count). The van der Waals surface area contributed by atoms with Gasteiger partial charge in [0.2, 0.25) is 6.71 Å². The van der Waals surface area contributed by atoms with Crippen molar-refractivity contribution in [2.24, 2.45) is 0 Å². The zero-order valence-electron chi connectivity index (χ0n) is 21.3. The summed E-state index contributed by atoms with van der Waals surface area (Å²) in [4.78, 5) is 18.2. The van der Waals surface area contributed by atoms with Crippen LogP contribution in [0, 0.1) is 0 Å². The third-order valence-electron chi connectivity index (χ3n) is 7.80. The first-order valence-corrected chi connectivity index (χ1v) is 12.9. The van der Waals surface area contributed by atoms with Gasteiger partial charge in [0.1, 0.15) is 0 Å². The van der Waals surface area contributed by atoms with Gasteiger partial charge in [-0.25, -0.2) is 4.79 Å². The number of benzene rings is 5. The molecule has 0 spiro atoms. The van der Waals surface area contributed by atoms with Crippen LogP contribution in [-0.4, -0.2) is 12.7 Å². The molecule has 4 heteroatoms. The molecule has 0 aromatic heterocycles. The molecule has 5 aromatic rings. The van der Waals surface area contributed by atoms with E-state index in [9.17, 15) is 4.79 Å². The van der Waals surface area contributed by atoms with Crippen LogP contribution in [0.15, 0.2) is 109 Å². The molecular weight excluding hydrogens is 451 g/mol. The van der Waals surface area contributed by atoms with Crippen molar-refractivity contribution in [3.63, 3.8) is 0 Å². The summed E-state index contributed by atoms with van der Waals surface area (Å²) in [6, 6.07) is 38.0. The largest absolute Gasteiger partial charge is 0.338 e. The van der Waals surface area contributed by atoms with Crippen LogP contribution in [0.3, 0.4) is 0 Å². The van der Waals surface area contributed by atoms with Gasteiger partial charge in [-0.2, -0.15) is 0 Å². The Morgan fingerprint density at radius 1 is 0.622 bits per heavy atom.